The maximum absolute atomic E-state index is 10.9. The highest BCUT2D eigenvalue weighted by molar-refractivity contribution is 5.87. The maximum Gasteiger partial charge on any atom is 0.337 e. The molecule has 0 bridgehead atoms. The average Bonchev–Trinajstić information content (AvgIpc) is 2.86. The first kappa shape index (κ1) is 11.7. The second-order valence-corrected chi connectivity index (χ2v) is 4.60. The molecule has 4 heteroatoms. The van der Waals surface area contributed by atoms with Gasteiger partial charge in [-0.1, -0.05) is 6.07 Å². The maximum atomic E-state index is 10.9. The van der Waals surface area contributed by atoms with E-state index in [1.807, 2.05) is 12.1 Å². The van der Waals surface area contributed by atoms with E-state index in [1.54, 1.807) is 0 Å². The first-order valence-electron chi connectivity index (χ1n) is 6.20. The molecule has 1 N–H and O–H groups in total. The number of benzene rings is 1. The third-order valence-corrected chi connectivity index (χ3v) is 3.27. The predicted octanol–water partition coefficient (Wildman–Crippen LogP) is 3.06. The first-order valence-corrected chi connectivity index (χ1v) is 6.20. The Morgan fingerprint density at radius 1 is 1.11 bits per heavy atom. The van der Waals surface area contributed by atoms with Gasteiger partial charge in [-0.25, -0.2) is 4.79 Å². The van der Waals surface area contributed by atoms with Gasteiger partial charge in [0.1, 0.15) is 11.5 Å². The van der Waals surface area contributed by atoms with Gasteiger partial charge in [-0.3, -0.25) is 4.98 Å². The summed E-state index contributed by atoms with van der Waals surface area (Å²) in [5.74, 6) is 0.162. The van der Waals surface area contributed by atoms with Gasteiger partial charge in [0, 0.05) is 6.20 Å². The molecule has 0 atom stereocenters. The van der Waals surface area contributed by atoms with Crippen LogP contribution < -0.4 is 4.74 Å². The summed E-state index contributed by atoms with van der Waals surface area (Å²) in [6.07, 6.45) is 6.22. The lowest BCUT2D eigenvalue weighted by Gasteiger charge is -2.07. The van der Waals surface area contributed by atoms with Gasteiger partial charge in [-0.15, -0.1) is 0 Å². The van der Waals surface area contributed by atoms with Crippen LogP contribution in [-0.4, -0.2) is 16.1 Å². The van der Waals surface area contributed by atoms with Crippen LogP contribution >= 0.6 is 0 Å². The summed E-state index contributed by atoms with van der Waals surface area (Å²) in [6, 6.07) is 7.49. The molecule has 0 fully saturated rings. The number of carbonyl (C=O) groups is 1. The average molecular weight is 255 g/mol. The lowest BCUT2D eigenvalue weighted by Crippen LogP contribution is -1.97. The summed E-state index contributed by atoms with van der Waals surface area (Å²) in [5.41, 5.74) is 2.82. The van der Waals surface area contributed by atoms with Crippen molar-refractivity contribution in [3.8, 4) is 11.5 Å². The number of ether oxygens (including phenoxy) is 1. The highest BCUT2D eigenvalue weighted by atomic mass is 16.5. The summed E-state index contributed by atoms with van der Waals surface area (Å²) in [7, 11) is 0. The largest absolute Gasteiger partial charge is 0.478 e. The SMILES string of the molecule is O=C(O)c1cncc(Oc2ccc3c(c2)CCC3)c1. The van der Waals surface area contributed by atoms with Crippen molar-refractivity contribution in [1.29, 1.82) is 0 Å². The molecule has 19 heavy (non-hydrogen) atoms. The molecular formula is C15H13NO3. The van der Waals surface area contributed by atoms with Crippen molar-refractivity contribution in [2.75, 3.05) is 0 Å². The molecule has 0 unspecified atom stereocenters. The Balaban J connectivity index is 1.85. The normalized spacial score (nSPS) is 13.1. The zero-order valence-corrected chi connectivity index (χ0v) is 10.3. The highest BCUT2D eigenvalue weighted by Gasteiger charge is 2.12. The van der Waals surface area contributed by atoms with Crippen molar-refractivity contribution in [3.05, 3.63) is 53.3 Å². The number of carboxylic acids is 1. The summed E-state index contributed by atoms with van der Waals surface area (Å²) in [6.45, 7) is 0. The van der Waals surface area contributed by atoms with Crippen LogP contribution in [0.1, 0.15) is 27.9 Å². The fourth-order valence-electron chi connectivity index (χ4n) is 2.34. The monoisotopic (exact) mass is 255 g/mol. The molecule has 1 aliphatic carbocycles. The van der Waals surface area contributed by atoms with E-state index in [1.165, 1.54) is 36.0 Å². The summed E-state index contributed by atoms with van der Waals surface area (Å²) < 4.78 is 5.67. The van der Waals surface area contributed by atoms with Crippen LogP contribution in [0.5, 0.6) is 11.5 Å². The van der Waals surface area contributed by atoms with Crippen molar-refractivity contribution in [2.45, 2.75) is 19.3 Å². The van der Waals surface area contributed by atoms with E-state index in [0.29, 0.717) is 5.75 Å². The minimum atomic E-state index is -1.01. The van der Waals surface area contributed by atoms with E-state index in [2.05, 4.69) is 11.1 Å². The van der Waals surface area contributed by atoms with Gasteiger partial charge < -0.3 is 9.84 Å². The molecule has 1 heterocycles. The fourth-order valence-corrected chi connectivity index (χ4v) is 2.34. The Morgan fingerprint density at radius 3 is 2.79 bits per heavy atom. The molecule has 1 aromatic carbocycles. The van der Waals surface area contributed by atoms with Crippen molar-refractivity contribution in [3.63, 3.8) is 0 Å². The molecule has 0 spiro atoms. The van der Waals surface area contributed by atoms with Crippen LogP contribution in [0.2, 0.25) is 0 Å². The van der Waals surface area contributed by atoms with Gasteiger partial charge in [0.05, 0.1) is 11.8 Å². The third-order valence-electron chi connectivity index (χ3n) is 3.27. The lowest BCUT2D eigenvalue weighted by molar-refractivity contribution is 0.0696. The number of hydrogen-bond acceptors (Lipinski definition) is 3. The number of aryl methyl sites for hydroxylation is 2. The van der Waals surface area contributed by atoms with Gasteiger partial charge in [0.2, 0.25) is 0 Å². The predicted molar refractivity (Wildman–Crippen MR) is 69.7 cm³/mol. The van der Waals surface area contributed by atoms with Crippen molar-refractivity contribution < 1.29 is 14.6 Å². The van der Waals surface area contributed by atoms with E-state index in [4.69, 9.17) is 9.84 Å². The molecule has 0 radical (unpaired) electrons. The zero-order valence-electron chi connectivity index (χ0n) is 10.3. The number of carboxylic acid groups (broad SMARTS) is 1. The zero-order chi connectivity index (χ0) is 13.2. The number of hydrogen-bond donors (Lipinski definition) is 1. The molecule has 1 aliphatic rings. The molecule has 3 rings (SSSR count). The van der Waals surface area contributed by atoms with E-state index in [0.717, 1.165) is 18.6 Å². The highest BCUT2D eigenvalue weighted by Crippen LogP contribution is 2.28. The van der Waals surface area contributed by atoms with Gasteiger partial charge >= 0.3 is 5.97 Å². The van der Waals surface area contributed by atoms with Crippen LogP contribution in [0.4, 0.5) is 0 Å². The lowest BCUT2D eigenvalue weighted by atomic mass is 10.1. The van der Waals surface area contributed by atoms with E-state index in [-0.39, 0.29) is 5.56 Å². The molecule has 96 valence electrons. The van der Waals surface area contributed by atoms with Crippen molar-refractivity contribution in [2.24, 2.45) is 0 Å². The molecule has 0 saturated carbocycles. The number of rotatable bonds is 3. The molecule has 1 aromatic heterocycles. The van der Waals surface area contributed by atoms with Gasteiger partial charge in [-0.2, -0.15) is 0 Å². The number of aromatic nitrogens is 1. The minimum Gasteiger partial charge on any atom is -0.478 e. The van der Waals surface area contributed by atoms with E-state index < -0.39 is 5.97 Å². The summed E-state index contributed by atoms with van der Waals surface area (Å²) >= 11 is 0. The smallest absolute Gasteiger partial charge is 0.337 e. The van der Waals surface area contributed by atoms with Crippen LogP contribution in [0.25, 0.3) is 0 Å². The Hall–Kier alpha value is -2.36. The van der Waals surface area contributed by atoms with Gasteiger partial charge in [0.25, 0.3) is 0 Å². The minimum absolute atomic E-state index is 0.124. The first-order chi connectivity index (χ1) is 9.22. The fraction of sp³-hybridized carbons (Fsp3) is 0.200. The standard InChI is InChI=1S/C15H13NO3/c17-15(18)12-7-14(9-16-8-12)19-13-5-4-10-2-1-3-11(10)6-13/h4-9H,1-3H2,(H,17,18). The Morgan fingerprint density at radius 2 is 1.95 bits per heavy atom. The molecule has 0 amide bonds. The third kappa shape index (κ3) is 2.42. The van der Waals surface area contributed by atoms with E-state index in [9.17, 15) is 4.79 Å². The number of aromatic carboxylic acids is 1. The van der Waals surface area contributed by atoms with E-state index >= 15 is 0 Å². The van der Waals surface area contributed by atoms with Crippen LogP contribution in [-0.2, 0) is 12.8 Å². The summed E-state index contributed by atoms with van der Waals surface area (Å²) in [4.78, 5) is 14.7. The molecule has 4 nitrogen and oxygen atoms in total. The molecular weight excluding hydrogens is 242 g/mol. The Labute approximate surface area is 110 Å². The van der Waals surface area contributed by atoms with Gasteiger partial charge in [0.15, 0.2) is 0 Å². The molecule has 0 aliphatic heterocycles. The number of pyridine rings is 1. The van der Waals surface area contributed by atoms with Gasteiger partial charge in [-0.05, 0) is 48.6 Å². The quantitative estimate of drug-likeness (QED) is 0.915. The number of nitrogens with zero attached hydrogens (tertiary/aromatic N) is 1. The Kier molecular flexibility index (Phi) is 2.91. The molecule has 0 saturated heterocycles. The molecule has 2 aromatic rings. The van der Waals surface area contributed by atoms with Crippen LogP contribution in [0.15, 0.2) is 36.7 Å². The second-order valence-electron chi connectivity index (χ2n) is 4.60. The van der Waals surface area contributed by atoms with Crippen LogP contribution in [0, 0.1) is 0 Å². The van der Waals surface area contributed by atoms with Crippen molar-refractivity contribution >= 4 is 5.97 Å². The second kappa shape index (κ2) is 4.72. The topological polar surface area (TPSA) is 59.4 Å². The Bertz CT molecular complexity index is 637. The van der Waals surface area contributed by atoms with Crippen molar-refractivity contribution in [1.82, 2.24) is 4.98 Å². The van der Waals surface area contributed by atoms with Crippen LogP contribution in [0.3, 0.4) is 0 Å². The number of fused-ring (bicyclic) bond motifs is 1. The summed E-state index contributed by atoms with van der Waals surface area (Å²) in [5, 5.41) is 8.91.